The maximum Gasteiger partial charge on any atom is 0.241 e. The Morgan fingerprint density at radius 3 is 2.24 bits per heavy atom. The Morgan fingerprint density at radius 2 is 1.65 bits per heavy atom. The van der Waals surface area contributed by atoms with Gasteiger partial charge in [0.15, 0.2) is 0 Å². The number of carbonyl (C=O) groups excluding carboxylic acids is 1. The Kier molecular flexibility index (Phi) is 4.80. The average Bonchev–Trinajstić information content (AvgIpc) is 2.29. The molecule has 98 valence electrons. The second kappa shape index (κ2) is 6.36. The number of nitrogens with one attached hydrogen (secondary N) is 2. The topological polar surface area (TPSA) is 44.4 Å². The van der Waals surface area contributed by atoms with Crippen LogP contribution in [0.25, 0.3) is 0 Å². The minimum atomic E-state index is -0.00868. The van der Waals surface area contributed by atoms with Crippen LogP contribution in [0, 0.1) is 0 Å². The SMILES string of the molecule is CC1CNC(C(=O)N2CCCCCCC2)CN1. The number of nitrogens with zero attached hydrogens (tertiary/aromatic N) is 1. The van der Waals surface area contributed by atoms with Crippen molar-refractivity contribution in [2.75, 3.05) is 26.2 Å². The summed E-state index contributed by atoms with van der Waals surface area (Å²) in [4.78, 5) is 14.4. The zero-order valence-electron chi connectivity index (χ0n) is 10.9. The summed E-state index contributed by atoms with van der Waals surface area (Å²) >= 11 is 0. The summed E-state index contributed by atoms with van der Waals surface area (Å²) in [5.74, 6) is 0.298. The van der Waals surface area contributed by atoms with E-state index in [1.165, 1.54) is 32.1 Å². The number of carbonyl (C=O) groups is 1. The molecule has 0 aromatic carbocycles. The van der Waals surface area contributed by atoms with Crippen LogP contribution in [-0.2, 0) is 4.79 Å². The van der Waals surface area contributed by atoms with Gasteiger partial charge in [-0.15, -0.1) is 0 Å². The van der Waals surface area contributed by atoms with Gasteiger partial charge < -0.3 is 15.5 Å². The van der Waals surface area contributed by atoms with Crippen LogP contribution in [0.2, 0.25) is 0 Å². The highest BCUT2D eigenvalue weighted by atomic mass is 16.2. The van der Waals surface area contributed by atoms with E-state index in [2.05, 4.69) is 22.5 Å². The van der Waals surface area contributed by atoms with Crippen LogP contribution in [0.5, 0.6) is 0 Å². The second-order valence-electron chi connectivity index (χ2n) is 5.36. The number of rotatable bonds is 1. The zero-order chi connectivity index (χ0) is 12.1. The first-order valence-electron chi connectivity index (χ1n) is 7.03. The first kappa shape index (κ1) is 12.8. The van der Waals surface area contributed by atoms with Crippen molar-refractivity contribution >= 4 is 5.91 Å². The predicted octanol–water partition coefficient (Wildman–Crippen LogP) is 0.729. The van der Waals surface area contributed by atoms with E-state index in [0.29, 0.717) is 11.9 Å². The molecule has 17 heavy (non-hydrogen) atoms. The van der Waals surface area contributed by atoms with E-state index in [-0.39, 0.29) is 6.04 Å². The average molecular weight is 239 g/mol. The summed E-state index contributed by atoms with van der Waals surface area (Å²) in [6.07, 6.45) is 6.22. The first-order valence-corrected chi connectivity index (χ1v) is 7.03. The van der Waals surface area contributed by atoms with Crippen molar-refractivity contribution in [1.29, 1.82) is 0 Å². The van der Waals surface area contributed by atoms with E-state index in [4.69, 9.17) is 0 Å². The van der Waals surface area contributed by atoms with Crippen molar-refractivity contribution in [2.24, 2.45) is 0 Å². The molecule has 0 aromatic rings. The summed E-state index contributed by atoms with van der Waals surface area (Å²) in [5.41, 5.74) is 0. The number of hydrogen-bond donors (Lipinski definition) is 2. The lowest BCUT2D eigenvalue weighted by Gasteiger charge is -2.33. The van der Waals surface area contributed by atoms with Gasteiger partial charge in [0.2, 0.25) is 5.91 Å². The molecule has 1 amide bonds. The van der Waals surface area contributed by atoms with Crippen LogP contribution in [0.15, 0.2) is 0 Å². The molecule has 2 aliphatic rings. The highest BCUT2D eigenvalue weighted by molar-refractivity contribution is 5.82. The number of piperazine rings is 1. The molecular formula is C13H25N3O. The van der Waals surface area contributed by atoms with Gasteiger partial charge in [-0.1, -0.05) is 19.3 Å². The fraction of sp³-hybridized carbons (Fsp3) is 0.923. The van der Waals surface area contributed by atoms with Gasteiger partial charge in [-0.05, 0) is 19.8 Å². The van der Waals surface area contributed by atoms with Crippen molar-refractivity contribution in [1.82, 2.24) is 15.5 Å². The zero-order valence-corrected chi connectivity index (χ0v) is 10.9. The van der Waals surface area contributed by atoms with E-state index in [1.54, 1.807) is 0 Å². The highest BCUT2D eigenvalue weighted by Crippen LogP contribution is 2.11. The quantitative estimate of drug-likeness (QED) is 0.709. The summed E-state index contributed by atoms with van der Waals surface area (Å²) in [6.45, 7) is 5.71. The Balaban J connectivity index is 1.84. The molecule has 2 atom stereocenters. The molecule has 0 radical (unpaired) electrons. The van der Waals surface area contributed by atoms with Gasteiger partial charge >= 0.3 is 0 Å². The molecular weight excluding hydrogens is 214 g/mol. The summed E-state index contributed by atoms with van der Waals surface area (Å²) in [5, 5.41) is 6.72. The number of amides is 1. The lowest BCUT2D eigenvalue weighted by molar-refractivity contribution is -0.134. The Labute approximate surface area is 104 Å². The van der Waals surface area contributed by atoms with Crippen molar-refractivity contribution in [2.45, 2.75) is 51.1 Å². The maximum atomic E-state index is 12.3. The minimum absolute atomic E-state index is 0.00868. The van der Waals surface area contributed by atoms with Gasteiger partial charge in [-0.2, -0.15) is 0 Å². The maximum absolute atomic E-state index is 12.3. The lowest BCUT2D eigenvalue weighted by atomic mass is 10.1. The summed E-state index contributed by atoms with van der Waals surface area (Å²) in [7, 11) is 0. The molecule has 2 N–H and O–H groups in total. The molecule has 4 nitrogen and oxygen atoms in total. The van der Waals surface area contributed by atoms with Crippen molar-refractivity contribution in [3.05, 3.63) is 0 Å². The fourth-order valence-electron chi connectivity index (χ4n) is 2.65. The number of likely N-dealkylation sites (tertiary alicyclic amines) is 1. The van der Waals surface area contributed by atoms with Gasteiger partial charge in [0.1, 0.15) is 0 Å². The van der Waals surface area contributed by atoms with E-state index in [1.807, 2.05) is 0 Å². The van der Waals surface area contributed by atoms with Crippen LogP contribution in [0.4, 0.5) is 0 Å². The van der Waals surface area contributed by atoms with Gasteiger partial charge in [-0.3, -0.25) is 4.79 Å². The van der Waals surface area contributed by atoms with Gasteiger partial charge in [0, 0.05) is 32.2 Å². The first-order chi connectivity index (χ1) is 8.27. The molecule has 2 unspecified atom stereocenters. The molecule has 2 saturated heterocycles. The van der Waals surface area contributed by atoms with Gasteiger partial charge in [0.05, 0.1) is 6.04 Å². The normalized spacial score (nSPS) is 31.7. The van der Waals surface area contributed by atoms with Crippen LogP contribution < -0.4 is 10.6 Å². The lowest BCUT2D eigenvalue weighted by Crippen LogP contribution is -2.59. The highest BCUT2D eigenvalue weighted by Gasteiger charge is 2.27. The van der Waals surface area contributed by atoms with Crippen LogP contribution >= 0.6 is 0 Å². The second-order valence-corrected chi connectivity index (χ2v) is 5.36. The Morgan fingerprint density at radius 1 is 1.00 bits per heavy atom. The summed E-state index contributed by atoms with van der Waals surface area (Å²) in [6, 6.07) is 0.469. The van der Waals surface area contributed by atoms with E-state index < -0.39 is 0 Å². The fourth-order valence-corrected chi connectivity index (χ4v) is 2.65. The van der Waals surface area contributed by atoms with Gasteiger partial charge in [0.25, 0.3) is 0 Å². The van der Waals surface area contributed by atoms with Crippen LogP contribution in [-0.4, -0.2) is 49.1 Å². The molecule has 2 aliphatic heterocycles. The van der Waals surface area contributed by atoms with E-state index >= 15 is 0 Å². The largest absolute Gasteiger partial charge is 0.341 e. The minimum Gasteiger partial charge on any atom is -0.341 e. The standard InChI is InChI=1S/C13H25N3O/c1-11-9-15-12(10-14-11)13(17)16-7-5-3-2-4-6-8-16/h11-12,14-15H,2-10H2,1H3. The Hall–Kier alpha value is -0.610. The molecule has 0 aromatic heterocycles. The molecule has 2 heterocycles. The third kappa shape index (κ3) is 3.68. The Bertz CT molecular complexity index is 241. The van der Waals surface area contributed by atoms with Crippen LogP contribution in [0.3, 0.4) is 0 Å². The molecule has 2 rings (SSSR count). The smallest absolute Gasteiger partial charge is 0.241 e. The molecule has 2 fully saturated rings. The van der Waals surface area contributed by atoms with Crippen molar-refractivity contribution < 1.29 is 4.79 Å². The molecule has 0 spiro atoms. The predicted molar refractivity (Wildman–Crippen MR) is 68.9 cm³/mol. The molecule has 0 saturated carbocycles. The monoisotopic (exact) mass is 239 g/mol. The van der Waals surface area contributed by atoms with Crippen molar-refractivity contribution in [3.8, 4) is 0 Å². The van der Waals surface area contributed by atoms with E-state index in [9.17, 15) is 4.79 Å². The number of hydrogen-bond acceptors (Lipinski definition) is 3. The third-order valence-corrected chi connectivity index (χ3v) is 3.81. The molecule has 0 bridgehead atoms. The van der Waals surface area contributed by atoms with E-state index in [0.717, 1.165) is 26.2 Å². The molecule has 4 heteroatoms. The van der Waals surface area contributed by atoms with Gasteiger partial charge in [-0.25, -0.2) is 0 Å². The third-order valence-electron chi connectivity index (χ3n) is 3.81. The van der Waals surface area contributed by atoms with Crippen LogP contribution in [0.1, 0.15) is 39.0 Å². The molecule has 0 aliphatic carbocycles. The van der Waals surface area contributed by atoms with Crippen molar-refractivity contribution in [3.63, 3.8) is 0 Å². The summed E-state index contributed by atoms with van der Waals surface area (Å²) < 4.78 is 0.